The van der Waals surface area contributed by atoms with E-state index in [0.29, 0.717) is 0 Å². The van der Waals surface area contributed by atoms with E-state index >= 15 is 0 Å². The van der Waals surface area contributed by atoms with E-state index in [4.69, 9.17) is 9.47 Å². The van der Waals surface area contributed by atoms with Crippen molar-refractivity contribution in [2.45, 2.75) is 31.3 Å². The minimum atomic E-state index is -0.954. The quantitative estimate of drug-likeness (QED) is 0.347. The largest absolute Gasteiger partial charge is 0.467 e. The maximum atomic E-state index is 12.6. The number of ether oxygens (including phenoxy) is 2. The molecule has 9 heteroatoms. The van der Waals surface area contributed by atoms with E-state index in [1.165, 1.54) is 14.0 Å². The highest BCUT2D eigenvalue weighted by molar-refractivity contribution is 5.91. The summed E-state index contributed by atoms with van der Waals surface area (Å²) in [5, 5.41) is 7.55. The number of hydrogen-bond acceptors (Lipinski definition) is 6. The molecule has 3 aromatic rings. The second-order valence-corrected chi connectivity index (χ2v) is 9.24. The fourth-order valence-corrected chi connectivity index (χ4v) is 4.64. The Labute approximate surface area is 226 Å². The van der Waals surface area contributed by atoms with Gasteiger partial charge in [0.15, 0.2) is 0 Å². The van der Waals surface area contributed by atoms with E-state index in [-0.39, 0.29) is 25.5 Å². The van der Waals surface area contributed by atoms with Crippen LogP contribution in [0.3, 0.4) is 0 Å². The van der Waals surface area contributed by atoms with Gasteiger partial charge in [-0.05, 0) is 34.7 Å². The molecule has 39 heavy (non-hydrogen) atoms. The van der Waals surface area contributed by atoms with Crippen molar-refractivity contribution < 1.29 is 28.7 Å². The lowest BCUT2D eigenvalue weighted by Crippen LogP contribution is -2.52. The molecule has 0 heterocycles. The fraction of sp³-hybridized carbons (Fsp3) is 0.267. The van der Waals surface area contributed by atoms with Crippen molar-refractivity contribution in [2.75, 3.05) is 20.3 Å². The first kappa shape index (κ1) is 27.4. The Morgan fingerprint density at radius 1 is 0.821 bits per heavy atom. The Balaban J connectivity index is 1.24. The van der Waals surface area contributed by atoms with Gasteiger partial charge in [0, 0.05) is 12.3 Å². The third-order valence-electron chi connectivity index (χ3n) is 6.59. The normalized spacial score (nSPS) is 13.3. The molecule has 1 aliphatic carbocycles. The maximum Gasteiger partial charge on any atom is 0.407 e. The average Bonchev–Trinajstić information content (AvgIpc) is 3.28. The number of carbonyl (C=O) groups excluding carboxylic acids is 4. The summed E-state index contributed by atoms with van der Waals surface area (Å²) in [6, 6.07) is 23.3. The first-order valence-corrected chi connectivity index (χ1v) is 12.7. The first-order chi connectivity index (χ1) is 18.9. The molecule has 9 nitrogen and oxygen atoms in total. The van der Waals surface area contributed by atoms with E-state index in [9.17, 15) is 19.2 Å². The number of carbonyl (C=O) groups is 4. The van der Waals surface area contributed by atoms with Gasteiger partial charge in [0.1, 0.15) is 25.2 Å². The Morgan fingerprint density at radius 2 is 1.41 bits per heavy atom. The molecule has 3 aromatic carbocycles. The zero-order chi connectivity index (χ0) is 27.8. The molecule has 0 aliphatic heterocycles. The summed E-state index contributed by atoms with van der Waals surface area (Å²) in [4.78, 5) is 49.5. The minimum absolute atomic E-state index is 0.0978. The van der Waals surface area contributed by atoms with Gasteiger partial charge < -0.3 is 25.4 Å². The van der Waals surface area contributed by atoms with Gasteiger partial charge >= 0.3 is 12.1 Å². The van der Waals surface area contributed by atoms with Crippen LogP contribution in [0.15, 0.2) is 78.9 Å². The summed E-state index contributed by atoms with van der Waals surface area (Å²) < 4.78 is 10.2. The number of rotatable bonds is 10. The Bertz CT molecular complexity index is 1300. The van der Waals surface area contributed by atoms with Gasteiger partial charge in [0.05, 0.1) is 7.11 Å². The molecule has 202 valence electrons. The first-order valence-electron chi connectivity index (χ1n) is 12.7. The Hall–Kier alpha value is -4.66. The molecule has 0 spiro atoms. The van der Waals surface area contributed by atoms with Gasteiger partial charge in [0.25, 0.3) is 0 Å². The predicted molar refractivity (Wildman–Crippen MR) is 145 cm³/mol. The van der Waals surface area contributed by atoms with Crippen LogP contribution >= 0.6 is 0 Å². The summed E-state index contributed by atoms with van der Waals surface area (Å²) >= 11 is 0. The van der Waals surface area contributed by atoms with Crippen molar-refractivity contribution >= 4 is 23.9 Å². The molecule has 1 aliphatic rings. The molecule has 0 radical (unpaired) electrons. The van der Waals surface area contributed by atoms with E-state index < -0.39 is 36.0 Å². The topological polar surface area (TPSA) is 123 Å². The predicted octanol–water partition coefficient (Wildman–Crippen LogP) is 2.93. The summed E-state index contributed by atoms with van der Waals surface area (Å²) in [6.45, 7) is 1.23. The van der Waals surface area contributed by atoms with Gasteiger partial charge in [-0.15, -0.1) is 0 Å². The molecule has 2 atom stereocenters. The van der Waals surface area contributed by atoms with Crippen LogP contribution in [0.4, 0.5) is 4.79 Å². The highest BCUT2D eigenvalue weighted by Crippen LogP contribution is 2.44. The highest BCUT2D eigenvalue weighted by Gasteiger charge is 2.29. The number of fused-ring (bicyclic) bond motifs is 3. The van der Waals surface area contributed by atoms with Crippen molar-refractivity contribution in [1.29, 1.82) is 0 Å². The Morgan fingerprint density at radius 3 is 2.03 bits per heavy atom. The second kappa shape index (κ2) is 12.7. The zero-order valence-corrected chi connectivity index (χ0v) is 21.8. The number of esters is 1. The molecular weight excluding hydrogens is 498 g/mol. The summed E-state index contributed by atoms with van der Waals surface area (Å²) in [5.74, 6) is -1.83. The molecule has 0 fully saturated rings. The number of alkyl carbamates (subject to hydrolysis) is 1. The van der Waals surface area contributed by atoms with Crippen LogP contribution in [0, 0.1) is 0 Å². The smallest absolute Gasteiger partial charge is 0.407 e. The van der Waals surface area contributed by atoms with E-state index in [1.807, 2.05) is 78.9 Å². The maximum absolute atomic E-state index is 12.6. The number of amides is 3. The van der Waals surface area contributed by atoms with Crippen LogP contribution in [0.1, 0.15) is 29.5 Å². The van der Waals surface area contributed by atoms with Gasteiger partial charge in [0.2, 0.25) is 11.8 Å². The lowest BCUT2D eigenvalue weighted by Gasteiger charge is -2.20. The van der Waals surface area contributed by atoms with E-state index in [2.05, 4.69) is 16.0 Å². The zero-order valence-electron chi connectivity index (χ0n) is 21.8. The van der Waals surface area contributed by atoms with Gasteiger partial charge in [-0.1, -0.05) is 78.9 Å². The van der Waals surface area contributed by atoms with Crippen LogP contribution in [-0.2, 0) is 30.3 Å². The molecule has 0 saturated carbocycles. The standard InChI is InChI=1S/C30H31N3O6/c1-19(28(35)33-26(29(36)38-2)16-20-10-4-3-5-11-20)32-27(34)17-31-30(37)39-18-25-23-14-8-6-12-21(23)22-13-7-9-15-24(22)25/h3-15,19,25-26H,16-18H2,1-2H3,(H,31,37)(H,32,34)(H,33,35)/t19-,26-/m0/s1. The molecule has 0 bridgehead atoms. The summed E-state index contributed by atoms with van der Waals surface area (Å²) in [6.07, 6.45) is -0.499. The van der Waals surface area contributed by atoms with Crippen LogP contribution in [0.2, 0.25) is 0 Å². The minimum Gasteiger partial charge on any atom is -0.467 e. The van der Waals surface area contributed by atoms with Crippen LogP contribution < -0.4 is 16.0 Å². The summed E-state index contributed by atoms with van der Waals surface area (Å²) in [5.41, 5.74) is 5.25. The monoisotopic (exact) mass is 529 g/mol. The average molecular weight is 530 g/mol. The number of nitrogens with one attached hydrogen (secondary N) is 3. The molecule has 3 N–H and O–H groups in total. The van der Waals surface area contributed by atoms with Gasteiger partial charge in [-0.2, -0.15) is 0 Å². The third-order valence-corrected chi connectivity index (χ3v) is 6.59. The molecule has 0 unspecified atom stereocenters. The number of hydrogen-bond donors (Lipinski definition) is 3. The van der Waals surface area contributed by atoms with Crippen LogP contribution in [0.25, 0.3) is 11.1 Å². The molecule has 3 amide bonds. The molecule has 0 aromatic heterocycles. The van der Waals surface area contributed by atoms with Gasteiger partial charge in [-0.25, -0.2) is 9.59 Å². The van der Waals surface area contributed by atoms with Gasteiger partial charge in [-0.3, -0.25) is 9.59 Å². The van der Waals surface area contributed by atoms with Crippen LogP contribution in [-0.4, -0.2) is 56.2 Å². The van der Waals surface area contributed by atoms with E-state index in [0.717, 1.165) is 27.8 Å². The van der Waals surface area contributed by atoms with E-state index in [1.54, 1.807) is 0 Å². The second-order valence-electron chi connectivity index (χ2n) is 9.24. The lowest BCUT2D eigenvalue weighted by atomic mass is 9.98. The highest BCUT2D eigenvalue weighted by atomic mass is 16.5. The number of methoxy groups -OCH3 is 1. The van der Waals surface area contributed by atoms with Crippen molar-refractivity contribution in [3.63, 3.8) is 0 Å². The number of benzene rings is 3. The van der Waals surface area contributed by atoms with Crippen molar-refractivity contribution in [3.8, 4) is 11.1 Å². The van der Waals surface area contributed by atoms with Crippen molar-refractivity contribution in [2.24, 2.45) is 0 Å². The summed E-state index contributed by atoms with van der Waals surface area (Å²) in [7, 11) is 1.24. The van der Waals surface area contributed by atoms with Crippen molar-refractivity contribution in [3.05, 3.63) is 95.6 Å². The Kier molecular flexibility index (Phi) is 8.94. The van der Waals surface area contributed by atoms with Crippen molar-refractivity contribution in [1.82, 2.24) is 16.0 Å². The lowest BCUT2D eigenvalue weighted by molar-refractivity contribution is -0.145. The van der Waals surface area contributed by atoms with Crippen LogP contribution in [0.5, 0.6) is 0 Å². The third kappa shape index (κ3) is 6.81. The SMILES string of the molecule is COC(=O)[C@H](Cc1ccccc1)NC(=O)[C@H](C)NC(=O)CNC(=O)OCC1c2ccccc2-c2ccccc21. The fourth-order valence-electron chi connectivity index (χ4n) is 4.64. The molecule has 0 saturated heterocycles. The molecular formula is C30H31N3O6. The molecule has 4 rings (SSSR count).